The Balaban J connectivity index is 1.58. The quantitative estimate of drug-likeness (QED) is 0.490. The van der Waals surface area contributed by atoms with E-state index in [2.05, 4.69) is 10.6 Å². The number of halogens is 1. The maximum absolute atomic E-state index is 13.2. The number of thioether (sulfide) groups is 1. The van der Waals surface area contributed by atoms with E-state index in [1.54, 1.807) is 11.8 Å². The average molecular weight is 448 g/mol. The number of nitrogens with one attached hydrogen (secondary N) is 2. The maximum Gasteiger partial charge on any atom is 0.255 e. The second-order valence-electron chi connectivity index (χ2n) is 7.15. The smallest absolute Gasteiger partial charge is 0.255 e. The molecule has 0 unspecified atom stereocenters. The molecule has 1 atom stereocenters. The van der Waals surface area contributed by atoms with Crippen molar-refractivity contribution in [3.63, 3.8) is 0 Å². The van der Waals surface area contributed by atoms with Crippen LogP contribution in [0.1, 0.15) is 24.1 Å². The SMILES string of the molecule is CC1=C(C(=O)Nc2ccccc2)[C@H](c2ccccc2)N=C(SCc2ccc(Cl)cc2)N1. The van der Waals surface area contributed by atoms with E-state index < -0.39 is 0 Å². The molecule has 3 aromatic rings. The Bertz CT molecular complexity index is 1110. The van der Waals surface area contributed by atoms with Crippen molar-refractivity contribution in [3.8, 4) is 0 Å². The predicted octanol–water partition coefficient (Wildman–Crippen LogP) is 6.19. The Morgan fingerprint density at radius 1 is 1.00 bits per heavy atom. The monoisotopic (exact) mass is 447 g/mol. The van der Waals surface area contributed by atoms with Gasteiger partial charge in [0.2, 0.25) is 0 Å². The van der Waals surface area contributed by atoms with E-state index >= 15 is 0 Å². The van der Waals surface area contributed by atoms with Crippen molar-refractivity contribution in [1.29, 1.82) is 0 Å². The number of anilines is 1. The molecule has 1 heterocycles. The lowest BCUT2D eigenvalue weighted by Gasteiger charge is -2.26. The standard InChI is InChI=1S/C25H22ClN3OS/c1-17-22(24(30)28-21-10-6-3-7-11-21)23(19-8-4-2-5-9-19)29-25(27-17)31-16-18-12-14-20(26)15-13-18/h2-15,23H,16H2,1H3,(H,27,29)(H,28,30)/t23-/m0/s1. The Morgan fingerprint density at radius 2 is 1.65 bits per heavy atom. The lowest BCUT2D eigenvalue weighted by Crippen LogP contribution is -2.32. The Morgan fingerprint density at radius 3 is 2.32 bits per heavy atom. The molecule has 0 aromatic heterocycles. The summed E-state index contributed by atoms with van der Waals surface area (Å²) in [5.41, 5.74) is 4.31. The summed E-state index contributed by atoms with van der Waals surface area (Å²) in [6, 6.07) is 26.8. The molecule has 4 rings (SSSR count). The van der Waals surface area contributed by atoms with Gasteiger partial charge in [0, 0.05) is 22.2 Å². The number of rotatable bonds is 5. The fourth-order valence-corrected chi connectivity index (χ4v) is 4.37. The van der Waals surface area contributed by atoms with E-state index in [9.17, 15) is 4.79 Å². The highest BCUT2D eigenvalue weighted by Crippen LogP contribution is 2.33. The molecule has 31 heavy (non-hydrogen) atoms. The van der Waals surface area contributed by atoms with Gasteiger partial charge in [0.05, 0.1) is 5.57 Å². The minimum atomic E-state index is -0.376. The van der Waals surface area contributed by atoms with Crippen LogP contribution in [-0.2, 0) is 10.5 Å². The third-order valence-corrected chi connectivity index (χ3v) is 6.11. The average Bonchev–Trinajstić information content (AvgIpc) is 2.79. The zero-order valence-corrected chi connectivity index (χ0v) is 18.6. The van der Waals surface area contributed by atoms with Crippen molar-refractivity contribution in [2.75, 3.05) is 5.32 Å². The van der Waals surface area contributed by atoms with Crippen LogP contribution in [0.3, 0.4) is 0 Å². The topological polar surface area (TPSA) is 53.5 Å². The molecule has 156 valence electrons. The van der Waals surface area contributed by atoms with Gasteiger partial charge in [0.25, 0.3) is 5.91 Å². The summed E-state index contributed by atoms with van der Waals surface area (Å²) in [4.78, 5) is 18.1. The summed E-state index contributed by atoms with van der Waals surface area (Å²) in [6.45, 7) is 1.92. The molecule has 1 aliphatic rings. The lowest BCUT2D eigenvalue weighted by molar-refractivity contribution is -0.113. The van der Waals surface area contributed by atoms with Crippen LogP contribution in [0.4, 0.5) is 5.69 Å². The van der Waals surface area contributed by atoms with Gasteiger partial charge in [0.1, 0.15) is 6.04 Å². The van der Waals surface area contributed by atoms with Crippen LogP contribution in [0.2, 0.25) is 5.02 Å². The van der Waals surface area contributed by atoms with Gasteiger partial charge in [0.15, 0.2) is 5.17 Å². The molecular weight excluding hydrogens is 426 g/mol. The van der Waals surface area contributed by atoms with E-state index in [1.807, 2.05) is 91.9 Å². The van der Waals surface area contributed by atoms with E-state index in [-0.39, 0.29) is 11.9 Å². The first-order chi connectivity index (χ1) is 15.1. The lowest BCUT2D eigenvalue weighted by atomic mass is 9.96. The van der Waals surface area contributed by atoms with E-state index in [1.165, 1.54) is 0 Å². The number of amides is 1. The molecule has 1 amide bonds. The van der Waals surface area contributed by atoms with Crippen molar-refractivity contribution >= 4 is 40.1 Å². The summed E-state index contributed by atoms with van der Waals surface area (Å²) < 4.78 is 0. The Kier molecular flexibility index (Phi) is 6.75. The molecule has 4 nitrogen and oxygen atoms in total. The zero-order valence-electron chi connectivity index (χ0n) is 17.0. The summed E-state index contributed by atoms with van der Waals surface area (Å²) in [5, 5.41) is 7.83. The number of benzene rings is 3. The summed E-state index contributed by atoms with van der Waals surface area (Å²) >= 11 is 7.59. The van der Waals surface area contributed by atoms with Crippen LogP contribution in [0, 0.1) is 0 Å². The van der Waals surface area contributed by atoms with Gasteiger partial charge < -0.3 is 10.6 Å². The highest BCUT2D eigenvalue weighted by molar-refractivity contribution is 8.13. The van der Waals surface area contributed by atoms with E-state index in [4.69, 9.17) is 16.6 Å². The van der Waals surface area contributed by atoms with Crippen LogP contribution in [0.25, 0.3) is 0 Å². The van der Waals surface area contributed by atoms with Crippen LogP contribution in [0.5, 0.6) is 0 Å². The van der Waals surface area contributed by atoms with Gasteiger partial charge in [-0.1, -0.05) is 84.0 Å². The molecule has 1 aliphatic heterocycles. The number of carbonyl (C=O) groups excluding carboxylic acids is 1. The van der Waals surface area contributed by atoms with Crippen molar-refractivity contribution in [3.05, 3.63) is 112 Å². The number of hydrogen-bond donors (Lipinski definition) is 2. The van der Waals surface area contributed by atoms with Crippen molar-refractivity contribution in [2.45, 2.75) is 18.7 Å². The third kappa shape index (κ3) is 5.37. The molecule has 0 radical (unpaired) electrons. The van der Waals surface area contributed by atoms with E-state index in [0.29, 0.717) is 5.57 Å². The molecular formula is C25H22ClN3OS. The fourth-order valence-electron chi connectivity index (χ4n) is 3.34. The summed E-state index contributed by atoms with van der Waals surface area (Å²) in [5.74, 6) is 0.596. The molecule has 6 heteroatoms. The second-order valence-corrected chi connectivity index (χ2v) is 8.55. The maximum atomic E-state index is 13.2. The minimum absolute atomic E-state index is 0.157. The molecule has 0 saturated carbocycles. The van der Waals surface area contributed by atoms with Crippen LogP contribution < -0.4 is 10.6 Å². The number of allylic oxidation sites excluding steroid dienone is 1. The van der Waals surface area contributed by atoms with E-state index in [0.717, 1.165) is 38.5 Å². The Hall–Kier alpha value is -3.02. The highest BCUT2D eigenvalue weighted by atomic mass is 35.5. The molecule has 2 N–H and O–H groups in total. The predicted molar refractivity (Wildman–Crippen MR) is 130 cm³/mol. The minimum Gasteiger partial charge on any atom is -0.338 e. The first kappa shape index (κ1) is 21.2. The highest BCUT2D eigenvalue weighted by Gasteiger charge is 2.29. The Labute approximate surface area is 191 Å². The van der Waals surface area contributed by atoms with Gasteiger partial charge in [-0.2, -0.15) is 0 Å². The number of carbonyl (C=O) groups is 1. The van der Waals surface area contributed by atoms with Gasteiger partial charge in [-0.3, -0.25) is 4.79 Å². The molecule has 0 fully saturated rings. The first-order valence-corrected chi connectivity index (χ1v) is 11.3. The van der Waals surface area contributed by atoms with Crippen molar-refractivity contribution in [1.82, 2.24) is 5.32 Å². The fraction of sp³-hybridized carbons (Fsp3) is 0.120. The summed E-state index contributed by atoms with van der Waals surface area (Å²) in [7, 11) is 0. The number of para-hydroxylation sites is 1. The van der Waals surface area contributed by atoms with Crippen LogP contribution >= 0.6 is 23.4 Å². The number of aliphatic imine (C=N–C) groups is 1. The molecule has 0 bridgehead atoms. The molecule has 3 aromatic carbocycles. The van der Waals surface area contributed by atoms with Crippen molar-refractivity contribution in [2.24, 2.45) is 4.99 Å². The van der Waals surface area contributed by atoms with Crippen LogP contribution in [0.15, 0.2) is 101 Å². The number of nitrogens with zero attached hydrogens (tertiary/aromatic N) is 1. The van der Waals surface area contributed by atoms with Gasteiger partial charge in [-0.25, -0.2) is 4.99 Å². The number of amidine groups is 1. The largest absolute Gasteiger partial charge is 0.338 e. The van der Waals surface area contributed by atoms with Gasteiger partial charge in [-0.05, 0) is 42.3 Å². The summed E-state index contributed by atoms with van der Waals surface area (Å²) in [6.07, 6.45) is 0. The molecule has 0 aliphatic carbocycles. The van der Waals surface area contributed by atoms with Crippen LogP contribution in [-0.4, -0.2) is 11.1 Å². The zero-order chi connectivity index (χ0) is 21.6. The molecule has 0 saturated heterocycles. The third-order valence-electron chi connectivity index (χ3n) is 4.90. The van der Waals surface area contributed by atoms with Crippen molar-refractivity contribution < 1.29 is 4.79 Å². The van der Waals surface area contributed by atoms with Gasteiger partial charge >= 0.3 is 0 Å². The molecule has 0 spiro atoms. The number of hydrogen-bond acceptors (Lipinski definition) is 4. The second kappa shape index (κ2) is 9.86. The normalized spacial score (nSPS) is 15.8. The first-order valence-electron chi connectivity index (χ1n) is 9.94. The van der Waals surface area contributed by atoms with Gasteiger partial charge in [-0.15, -0.1) is 0 Å².